The number of carbonyl (C=O) groups is 1. The molecular formula is C16H19N3O8. The van der Waals surface area contributed by atoms with E-state index in [1.807, 2.05) is 0 Å². The van der Waals surface area contributed by atoms with E-state index in [0.29, 0.717) is 32.7 Å². The van der Waals surface area contributed by atoms with E-state index in [2.05, 4.69) is 10.1 Å². The van der Waals surface area contributed by atoms with Crippen LogP contribution in [0.3, 0.4) is 0 Å². The van der Waals surface area contributed by atoms with Crippen LogP contribution < -0.4 is 5.32 Å². The second-order valence-corrected chi connectivity index (χ2v) is 6.56. The van der Waals surface area contributed by atoms with Gasteiger partial charge < -0.3 is 19.5 Å². The average Bonchev–Trinajstić information content (AvgIpc) is 3.08. The highest BCUT2D eigenvalue weighted by atomic mass is 16.6. The molecule has 1 aromatic carbocycles. The Hall–Kier alpha value is -2.79. The molecule has 1 spiro atoms. The molecule has 146 valence electrons. The second kappa shape index (κ2) is 7.45. The van der Waals surface area contributed by atoms with Crippen molar-refractivity contribution >= 4 is 23.0 Å². The molecule has 3 rings (SSSR count). The third-order valence-electron chi connectivity index (χ3n) is 4.82. The Labute approximate surface area is 153 Å². The van der Waals surface area contributed by atoms with Crippen molar-refractivity contribution in [3.05, 3.63) is 37.9 Å². The molecule has 0 aromatic heterocycles. The van der Waals surface area contributed by atoms with Crippen LogP contribution in [0.5, 0.6) is 0 Å². The van der Waals surface area contributed by atoms with Gasteiger partial charge in [-0.2, -0.15) is 0 Å². The number of rotatable bonds is 5. The molecule has 0 saturated carbocycles. The molecule has 1 aromatic rings. The van der Waals surface area contributed by atoms with E-state index < -0.39 is 32.8 Å². The number of methoxy groups -OCH3 is 1. The van der Waals surface area contributed by atoms with Gasteiger partial charge in [0.25, 0.3) is 11.4 Å². The lowest BCUT2D eigenvalue weighted by Gasteiger charge is -2.37. The first-order valence-corrected chi connectivity index (χ1v) is 8.38. The number of non-ortho nitro benzene ring substituents is 1. The van der Waals surface area contributed by atoms with Crippen molar-refractivity contribution < 1.29 is 28.9 Å². The van der Waals surface area contributed by atoms with Gasteiger partial charge in [0.05, 0.1) is 40.8 Å². The van der Waals surface area contributed by atoms with E-state index in [-0.39, 0.29) is 17.3 Å². The van der Waals surface area contributed by atoms with Gasteiger partial charge in [0, 0.05) is 31.7 Å². The Kier molecular flexibility index (Phi) is 5.24. The molecule has 2 heterocycles. The highest BCUT2D eigenvalue weighted by Crippen LogP contribution is 2.38. The van der Waals surface area contributed by atoms with Crippen LogP contribution in [0.25, 0.3) is 0 Å². The fourth-order valence-electron chi connectivity index (χ4n) is 3.50. The smallest absolute Gasteiger partial charge is 0.340 e. The number of nitro groups is 2. The molecule has 2 aliphatic heterocycles. The monoisotopic (exact) mass is 381 g/mol. The topological polar surface area (TPSA) is 143 Å². The first-order valence-electron chi connectivity index (χ1n) is 8.38. The zero-order valence-electron chi connectivity index (χ0n) is 14.6. The molecular weight excluding hydrogens is 362 g/mol. The Morgan fingerprint density at radius 3 is 2.67 bits per heavy atom. The molecule has 0 unspecified atom stereocenters. The summed E-state index contributed by atoms with van der Waals surface area (Å²) < 4.78 is 15.9. The van der Waals surface area contributed by atoms with Gasteiger partial charge in [-0.3, -0.25) is 20.2 Å². The number of esters is 1. The number of benzene rings is 1. The summed E-state index contributed by atoms with van der Waals surface area (Å²) in [6.07, 6.45) is 1.83. The minimum atomic E-state index is -0.893. The van der Waals surface area contributed by atoms with Crippen molar-refractivity contribution in [3.8, 4) is 0 Å². The van der Waals surface area contributed by atoms with Crippen molar-refractivity contribution in [1.82, 2.24) is 0 Å². The largest absolute Gasteiger partial charge is 0.465 e. The molecule has 2 fully saturated rings. The van der Waals surface area contributed by atoms with Gasteiger partial charge >= 0.3 is 5.97 Å². The molecule has 0 aliphatic carbocycles. The number of nitrogens with zero attached hydrogens (tertiary/aromatic N) is 2. The van der Waals surface area contributed by atoms with Crippen LogP contribution in [0.1, 0.15) is 29.6 Å². The lowest BCUT2D eigenvalue weighted by molar-refractivity contribution is -0.393. The van der Waals surface area contributed by atoms with E-state index in [9.17, 15) is 25.0 Å². The molecule has 2 atom stereocenters. The standard InChI is InChI=1S/C16H19N3O8/c1-25-15(20)12-6-11(18(21)22)7-13(19(23)24)14(12)17-10-2-4-27-16(8-10)3-5-26-9-16/h6-7,10,17H,2-5,8-9H2,1H3/t10-,16+/m1/s1. The number of nitro benzene ring substituents is 2. The number of nitrogens with one attached hydrogen (secondary N) is 1. The first kappa shape index (κ1) is 19.0. The average molecular weight is 381 g/mol. The number of hydrogen-bond donors (Lipinski definition) is 1. The third kappa shape index (κ3) is 3.83. The van der Waals surface area contributed by atoms with Crippen LogP contribution >= 0.6 is 0 Å². The third-order valence-corrected chi connectivity index (χ3v) is 4.82. The van der Waals surface area contributed by atoms with Gasteiger partial charge in [-0.05, 0) is 12.8 Å². The summed E-state index contributed by atoms with van der Waals surface area (Å²) in [5.41, 5.74) is -1.88. The van der Waals surface area contributed by atoms with Crippen molar-refractivity contribution in [2.45, 2.75) is 30.9 Å². The fraction of sp³-hybridized carbons (Fsp3) is 0.562. The summed E-state index contributed by atoms with van der Waals surface area (Å²) in [5, 5.41) is 25.6. The SMILES string of the molecule is COC(=O)c1cc([N+](=O)[O-])cc([N+](=O)[O-])c1N[C@@H]1CCO[C@@]2(CCOC2)C1. The van der Waals surface area contributed by atoms with E-state index in [1.165, 1.54) is 0 Å². The number of carbonyl (C=O) groups excluding carboxylic acids is 1. The van der Waals surface area contributed by atoms with Gasteiger partial charge in [0.1, 0.15) is 5.69 Å². The summed E-state index contributed by atoms with van der Waals surface area (Å²) in [6.45, 7) is 1.46. The van der Waals surface area contributed by atoms with Crippen molar-refractivity contribution in [1.29, 1.82) is 0 Å². The fourth-order valence-corrected chi connectivity index (χ4v) is 3.50. The first-order chi connectivity index (χ1) is 12.8. The van der Waals surface area contributed by atoms with Crippen molar-refractivity contribution in [2.24, 2.45) is 0 Å². The van der Waals surface area contributed by atoms with Gasteiger partial charge in [-0.1, -0.05) is 0 Å². The van der Waals surface area contributed by atoms with Gasteiger partial charge in [0.2, 0.25) is 0 Å². The van der Waals surface area contributed by atoms with Crippen molar-refractivity contribution in [3.63, 3.8) is 0 Å². The Morgan fingerprint density at radius 2 is 2.07 bits per heavy atom. The summed E-state index contributed by atoms with van der Waals surface area (Å²) in [5.74, 6) is -0.893. The molecule has 11 nitrogen and oxygen atoms in total. The zero-order chi connectivity index (χ0) is 19.6. The Bertz CT molecular complexity index is 775. The van der Waals surface area contributed by atoms with Gasteiger partial charge in [0.15, 0.2) is 0 Å². The summed E-state index contributed by atoms with van der Waals surface area (Å²) in [7, 11) is 1.11. The minimum absolute atomic E-state index is 0.0848. The predicted octanol–water partition coefficient (Wildman–Crippen LogP) is 2.04. The summed E-state index contributed by atoms with van der Waals surface area (Å²) in [6, 6.07) is 1.60. The highest BCUT2D eigenvalue weighted by Gasteiger charge is 2.42. The molecule has 1 N–H and O–H groups in total. The molecule has 27 heavy (non-hydrogen) atoms. The van der Waals surface area contributed by atoms with Crippen LogP contribution in [0, 0.1) is 20.2 Å². The molecule has 11 heteroatoms. The maximum Gasteiger partial charge on any atom is 0.340 e. The zero-order valence-corrected chi connectivity index (χ0v) is 14.6. The summed E-state index contributed by atoms with van der Waals surface area (Å²) >= 11 is 0. The van der Waals surface area contributed by atoms with Crippen LogP contribution in [0.4, 0.5) is 17.1 Å². The lowest BCUT2D eigenvalue weighted by Crippen LogP contribution is -2.45. The Balaban J connectivity index is 1.98. The highest BCUT2D eigenvalue weighted by molar-refractivity contribution is 5.99. The summed E-state index contributed by atoms with van der Waals surface area (Å²) in [4.78, 5) is 33.2. The maximum atomic E-state index is 12.1. The van der Waals surface area contributed by atoms with Crippen LogP contribution in [-0.4, -0.2) is 54.4 Å². The molecule has 2 saturated heterocycles. The van der Waals surface area contributed by atoms with Gasteiger partial charge in [-0.25, -0.2) is 4.79 Å². The van der Waals surface area contributed by atoms with E-state index in [1.54, 1.807) is 0 Å². The van der Waals surface area contributed by atoms with E-state index >= 15 is 0 Å². The molecule has 0 bridgehead atoms. The molecule has 0 radical (unpaired) electrons. The normalized spacial score (nSPS) is 24.6. The van der Waals surface area contributed by atoms with Crippen LogP contribution in [-0.2, 0) is 14.2 Å². The second-order valence-electron chi connectivity index (χ2n) is 6.56. The van der Waals surface area contributed by atoms with Crippen molar-refractivity contribution in [2.75, 3.05) is 32.2 Å². The number of anilines is 1. The minimum Gasteiger partial charge on any atom is -0.465 e. The van der Waals surface area contributed by atoms with Gasteiger partial charge in [-0.15, -0.1) is 0 Å². The molecule has 0 amide bonds. The lowest BCUT2D eigenvalue weighted by atomic mass is 9.89. The van der Waals surface area contributed by atoms with E-state index in [4.69, 9.17) is 9.47 Å². The maximum absolute atomic E-state index is 12.1. The quantitative estimate of drug-likeness (QED) is 0.460. The number of hydrogen-bond acceptors (Lipinski definition) is 9. The predicted molar refractivity (Wildman–Crippen MR) is 91.9 cm³/mol. The Morgan fingerprint density at radius 1 is 1.30 bits per heavy atom. The van der Waals surface area contributed by atoms with Crippen LogP contribution in [0.2, 0.25) is 0 Å². The molecule has 2 aliphatic rings. The van der Waals surface area contributed by atoms with Crippen LogP contribution in [0.15, 0.2) is 12.1 Å². The van der Waals surface area contributed by atoms with E-state index in [0.717, 1.165) is 25.7 Å². The number of ether oxygens (including phenoxy) is 3.